The van der Waals surface area contributed by atoms with Gasteiger partial charge in [-0.05, 0) is 45.6 Å². The Morgan fingerprint density at radius 3 is 2.65 bits per heavy atom. The molecule has 2 unspecified atom stereocenters. The van der Waals surface area contributed by atoms with Gasteiger partial charge in [0.2, 0.25) is 0 Å². The first-order chi connectivity index (χ1) is 12.4. The minimum atomic E-state index is -0.236. The molecule has 26 heavy (non-hydrogen) atoms. The van der Waals surface area contributed by atoms with Gasteiger partial charge in [0.25, 0.3) is 5.91 Å². The standard InChI is InChI=1S/C19H24N6O/c1-5-24(16-6-9-21-22-10-16)18(26)17-11-23-25(15(17)4)14(3)13(2)19(12-20)7-8-19/h6,9-11,13-14H,5,7-8H2,1-4H3. The second-order valence-electron chi connectivity index (χ2n) is 7.04. The highest BCUT2D eigenvalue weighted by atomic mass is 16.2. The van der Waals surface area contributed by atoms with Crippen molar-refractivity contribution >= 4 is 11.6 Å². The lowest BCUT2D eigenvalue weighted by Gasteiger charge is -2.26. The van der Waals surface area contributed by atoms with Crippen molar-refractivity contribution in [1.29, 1.82) is 5.26 Å². The highest BCUT2D eigenvalue weighted by Crippen LogP contribution is 2.54. The van der Waals surface area contributed by atoms with E-state index in [1.165, 1.54) is 0 Å². The molecule has 1 amide bonds. The van der Waals surface area contributed by atoms with Crippen LogP contribution in [0.4, 0.5) is 5.69 Å². The number of aromatic nitrogens is 4. The molecule has 3 rings (SSSR count). The van der Waals surface area contributed by atoms with Crippen LogP contribution in [0.1, 0.15) is 55.7 Å². The van der Waals surface area contributed by atoms with Crippen molar-refractivity contribution in [2.45, 2.75) is 46.6 Å². The van der Waals surface area contributed by atoms with Gasteiger partial charge in [-0.15, -0.1) is 0 Å². The predicted octanol–water partition coefficient (Wildman–Crippen LogP) is 3.15. The van der Waals surface area contributed by atoms with Crippen LogP contribution in [0.15, 0.2) is 24.7 Å². The zero-order valence-corrected chi connectivity index (χ0v) is 15.7. The van der Waals surface area contributed by atoms with Gasteiger partial charge in [0.05, 0.1) is 47.4 Å². The van der Waals surface area contributed by atoms with Crippen LogP contribution in [0.2, 0.25) is 0 Å². The molecular weight excluding hydrogens is 328 g/mol. The molecule has 2 heterocycles. The van der Waals surface area contributed by atoms with Gasteiger partial charge in [-0.2, -0.15) is 20.6 Å². The molecule has 0 aromatic carbocycles. The van der Waals surface area contributed by atoms with Crippen molar-refractivity contribution in [3.8, 4) is 6.07 Å². The summed E-state index contributed by atoms with van der Waals surface area (Å²) in [6.45, 7) is 8.53. The number of carbonyl (C=O) groups excluding carboxylic acids is 1. The molecule has 136 valence electrons. The summed E-state index contributed by atoms with van der Waals surface area (Å²) in [4.78, 5) is 14.7. The number of rotatable bonds is 6. The summed E-state index contributed by atoms with van der Waals surface area (Å²) in [6.07, 6.45) is 6.67. The van der Waals surface area contributed by atoms with Crippen LogP contribution in [0.25, 0.3) is 0 Å². The van der Waals surface area contributed by atoms with Gasteiger partial charge in [0, 0.05) is 12.2 Å². The Bertz CT molecular complexity index is 833. The zero-order chi connectivity index (χ0) is 18.9. The van der Waals surface area contributed by atoms with Crippen LogP contribution in [0, 0.1) is 29.6 Å². The van der Waals surface area contributed by atoms with Crippen molar-refractivity contribution in [2.75, 3.05) is 11.4 Å². The molecule has 2 atom stereocenters. The van der Waals surface area contributed by atoms with Gasteiger partial charge in [-0.25, -0.2) is 0 Å². The Hall–Kier alpha value is -2.75. The summed E-state index contributed by atoms with van der Waals surface area (Å²) in [5, 5.41) is 21.6. The maximum Gasteiger partial charge on any atom is 0.261 e. The first kappa shape index (κ1) is 18.1. The second-order valence-corrected chi connectivity index (χ2v) is 7.04. The fourth-order valence-electron chi connectivity index (χ4n) is 3.55. The normalized spacial score (nSPS) is 17.2. The molecule has 0 saturated heterocycles. The van der Waals surface area contributed by atoms with Crippen LogP contribution in [0.5, 0.6) is 0 Å². The van der Waals surface area contributed by atoms with E-state index in [1.54, 1.807) is 29.6 Å². The van der Waals surface area contributed by atoms with Crippen LogP contribution in [-0.2, 0) is 0 Å². The maximum absolute atomic E-state index is 13.0. The average Bonchev–Trinajstić information content (AvgIpc) is 3.38. The van der Waals surface area contributed by atoms with Gasteiger partial charge < -0.3 is 4.90 Å². The lowest BCUT2D eigenvalue weighted by molar-refractivity contribution is 0.0987. The van der Waals surface area contributed by atoms with E-state index in [1.807, 2.05) is 18.5 Å². The highest BCUT2D eigenvalue weighted by molar-refractivity contribution is 6.06. The Morgan fingerprint density at radius 2 is 2.12 bits per heavy atom. The quantitative estimate of drug-likeness (QED) is 0.797. The summed E-state index contributed by atoms with van der Waals surface area (Å²) >= 11 is 0. The summed E-state index contributed by atoms with van der Waals surface area (Å²) in [5.41, 5.74) is 1.87. The highest BCUT2D eigenvalue weighted by Gasteiger charge is 2.50. The molecule has 2 aromatic heterocycles. The Morgan fingerprint density at radius 1 is 1.38 bits per heavy atom. The Kier molecular flexibility index (Phi) is 4.77. The van der Waals surface area contributed by atoms with E-state index >= 15 is 0 Å². The molecule has 1 aliphatic rings. The zero-order valence-electron chi connectivity index (χ0n) is 15.7. The number of hydrogen-bond acceptors (Lipinski definition) is 5. The molecule has 7 nitrogen and oxygen atoms in total. The predicted molar refractivity (Wildman–Crippen MR) is 97.5 cm³/mol. The summed E-state index contributed by atoms with van der Waals surface area (Å²) < 4.78 is 1.88. The molecule has 1 saturated carbocycles. The van der Waals surface area contributed by atoms with Crippen molar-refractivity contribution in [2.24, 2.45) is 11.3 Å². The molecule has 0 N–H and O–H groups in total. The number of amides is 1. The number of hydrogen-bond donors (Lipinski definition) is 0. The van der Waals surface area contributed by atoms with Crippen molar-refractivity contribution in [1.82, 2.24) is 20.0 Å². The van der Waals surface area contributed by atoms with Crippen molar-refractivity contribution in [3.05, 3.63) is 35.9 Å². The molecular formula is C19H24N6O. The number of nitrogens with zero attached hydrogens (tertiary/aromatic N) is 6. The summed E-state index contributed by atoms with van der Waals surface area (Å²) in [5.74, 6) is 0.0752. The van der Waals surface area contributed by atoms with E-state index < -0.39 is 0 Å². The number of nitriles is 1. The molecule has 0 spiro atoms. The van der Waals surface area contributed by atoms with E-state index in [0.717, 1.165) is 18.5 Å². The smallest absolute Gasteiger partial charge is 0.261 e. The first-order valence-electron chi connectivity index (χ1n) is 8.99. The molecule has 0 bridgehead atoms. The molecule has 1 aliphatic carbocycles. The van der Waals surface area contributed by atoms with E-state index in [0.29, 0.717) is 17.8 Å². The number of anilines is 1. The Balaban J connectivity index is 1.86. The monoisotopic (exact) mass is 352 g/mol. The fourth-order valence-corrected chi connectivity index (χ4v) is 3.55. The minimum Gasteiger partial charge on any atom is -0.307 e. The average molecular weight is 352 g/mol. The lowest BCUT2D eigenvalue weighted by atomic mass is 9.86. The molecule has 0 radical (unpaired) electrons. The van der Waals surface area contributed by atoms with Gasteiger partial charge in [-0.1, -0.05) is 6.92 Å². The van der Waals surface area contributed by atoms with E-state index in [2.05, 4.69) is 35.2 Å². The van der Waals surface area contributed by atoms with Gasteiger partial charge in [0.15, 0.2) is 0 Å². The third-order valence-corrected chi connectivity index (χ3v) is 5.71. The van der Waals surface area contributed by atoms with Crippen LogP contribution < -0.4 is 4.90 Å². The van der Waals surface area contributed by atoms with Crippen molar-refractivity contribution in [3.63, 3.8) is 0 Å². The molecule has 0 aliphatic heterocycles. The third kappa shape index (κ3) is 2.96. The van der Waals surface area contributed by atoms with Crippen LogP contribution in [-0.4, -0.2) is 32.4 Å². The van der Waals surface area contributed by atoms with E-state index in [4.69, 9.17) is 0 Å². The SMILES string of the molecule is CCN(C(=O)c1cnn(C(C)C(C)C2(C#N)CC2)c1C)c1ccnnc1. The van der Waals surface area contributed by atoms with E-state index in [-0.39, 0.29) is 23.3 Å². The summed E-state index contributed by atoms with van der Waals surface area (Å²) in [6, 6.07) is 4.29. The summed E-state index contributed by atoms with van der Waals surface area (Å²) in [7, 11) is 0. The van der Waals surface area contributed by atoms with Crippen molar-refractivity contribution < 1.29 is 4.79 Å². The van der Waals surface area contributed by atoms with Gasteiger partial charge in [-0.3, -0.25) is 9.48 Å². The van der Waals surface area contributed by atoms with Crippen LogP contribution in [0.3, 0.4) is 0 Å². The maximum atomic E-state index is 13.0. The van der Waals surface area contributed by atoms with Gasteiger partial charge in [0.1, 0.15) is 0 Å². The largest absolute Gasteiger partial charge is 0.307 e. The topological polar surface area (TPSA) is 87.7 Å². The molecule has 1 fully saturated rings. The lowest BCUT2D eigenvalue weighted by Crippen LogP contribution is -2.31. The van der Waals surface area contributed by atoms with Gasteiger partial charge >= 0.3 is 0 Å². The molecule has 2 aromatic rings. The first-order valence-corrected chi connectivity index (χ1v) is 8.99. The Labute approximate surface area is 153 Å². The van der Waals surface area contributed by atoms with E-state index in [9.17, 15) is 10.1 Å². The van der Waals surface area contributed by atoms with Crippen LogP contribution >= 0.6 is 0 Å². The second kappa shape index (κ2) is 6.87. The molecule has 7 heteroatoms. The minimum absolute atomic E-state index is 0.0522. The third-order valence-electron chi connectivity index (χ3n) is 5.71. The fraction of sp³-hybridized carbons (Fsp3) is 0.526. The number of carbonyl (C=O) groups is 1.